The summed E-state index contributed by atoms with van der Waals surface area (Å²) in [6.45, 7) is 8.74. The van der Waals surface area contributed by atoms with E-state index in [0.717, 1.165) is 11.1 Å². The van der Waals surface area contributed by atoms with Gasteiger partial charge in [0.25, 0.3) is 11.7 Å². The number of Topliss-reactive ketones (excluding diaryl/α,β-unsaturated/α-hetero) is 1. The van der Waals surface area contributed by atoms with Gasteiger partial charge in [0.05, 0.1) is 38.0 Å². The fourth-order valence-electron chi connectivity index (χ4n) is 4.78. The fraction of sp³-hybridized carbons (Fsp3) is 0.312. The molecule has 0 aromatic heterocycles. The summed E-state index contributed by atoms with van der Waals surface area (Å²) in [6.07, 6.45) is 0. The highest BCUT2D eigenvalue weighted by molar-refractivity contribution is 6.46. The lowest BCUT2D eigenvalue weighted by Crippen LogP contribution is -2.29. The molecule has 0 saturated carbocycles. The Morgan fingerprint density at radius 3 is 2.26 bits per heavy atom. The lowest BCUT2D eigenvalue weighted by atomic mass is 9.85. The smallest absolute Gasteiger partial charge is 0.295 e. The number of carbonyl (C=O) groups excluding carboxylic acids is 2. The second kappa shape index (κ2) is 11.2. The number of ether oxygens (including phenoxy) is 3. The van der Waals surface area contributed by atoms with E-state index in [0.29, 0.717) is 35.0 Å². The van der Waals surface area contributed by atoms with Crippen LogP contribution in [0, 0.1) is 0 Å². The molecule has 7 nitrogen and oxygen atoms in total. The predicted octanol–water partition coefficient (Wildman–Crippen LogP) is 6.02. The van der Waals surface area contributed by atoms with E-state index < -0.39 is 17.7 Å². The summed E-state index contributed by atoms with van der Waals surface area (Å²) in [5.41, 5.74) is 2.58. The van der Waals surface area contributed by atoms with E-state index in [1.165, 1.54) is 12.0 Å². The van der Waals surface area contributed by atoms with Crippen LogP contribution in [0.5, 0.6) is 17.2 Å². The van der Waals surface area contributed by atoms with Crippen molar-refractivity contribution in [3.63, 3.8) is 0 Å². The van der Waals surface area contributed by atoms with E-state index in [9.17, 15) is 14.7 Å². The molecule has 4 rings (SSSR count). The molecule has 0 bridgehead atoms. The highest BCUT2D eigenvalue weighted by Crippen LogP contribution is 2.43. The van der Waals surface area contributed by atoms with Crippen LogP contribution >= 0.6 is 0 Å². The van der Waals surface area contributed by atoms with Crippen LogP contribution in [0.2, 0.25) is 0 Å². The van der Waals surface area contributed by atoms with Crippen molar-refractivity contribution in [2.75, 3.05) is 20.8 Å². The maximum atomic E-state index is 13.6. The number of benzene rings is 3. The SMILES string of the molecule is CCOc1cccc(CN2C(=O)C(=O)/C(=C(/O)c3cc(C(C)(C)C)ccc3OC)C2c2ccc(OC)cc2)c1. The predicted molar refractivity (Wildman–Crippen MR) is 150 cm³/mol. The van der Waals surface area contributed by atoms with E-state index in [1.54, 1.807) is 37.4 Å². The summed E-state index contributed by atoms with van der Waals surface area (Å²) < 4.78 is 16.5. The van der Waals surface area contributed by atoms with Gasteiger partial charge in [-0.1, -0.05) is 51.1 Å². The zero-order valence-electron chi connectivity index (χ0n) is 23.3. The van der Waals surface area contributed by atoms with Gasteiger partial charge >= 0.3 is 0 Å². The number of carbonyl (C=O) groups is 2. The molecule has 1 N–H and O–H groups in total. The van der Waals surface area contributed by atoms with Gasteiger partial charge in [0.1, 0.15) is 23.0 Å². The third-order valence-electron chi connectivity index (χ3n) is 6.85. The maximum Gasteiger partial charge on any atom is 0.295 e. The van der Waals surface area contributed by atoms with E-state index in [4.69, 9.17) is 14.2 Å². The molecule has 1 atom stereocenters. The largest absolute Gasteiger partial charge is 0.507 e. The van der Waals surface area contributed by atoms with E-state index in [2.05, 4.69) is 20.8 Å². The number of rotatable bonds is 8. The molecule has 1 heterocycles. The molecule has 0 aliphatic carbocycles. The Kier molecular flexibility index (Phi) is 8.00. The first-order valence-corrected chi connectivity index (χ1v) is 12.9. The number of amides is 1. The van der Waals surface area contributed by atoms with Crippen LogP contribution in [0.15, 0.2) is 72.3 Å². The van der Waals surface area contributed by atoms with Crippen LogP contribution in [0.25, 0.3) is 5.76 Å². The van der Waals surface area contributed by atoms with E-state index in [-0.39, 0.29) is 23.3 Å². The Morgan fingerprint density at radius 1 is 0.923 bits per heavy atom. The zero-order chi connectivity index (χ0) is 28.3. The second-order valence-corrected chi connectivity index (χ2v) is 10.4. The summed E-state index contributed by atoms with van der Waals surface area (Å²) in [6, 6.07) is 19.3. The molecule has 3 aromatic carbocycles. The molecule has 0 radical (unpaired) electrons. The van der Waals surface area contributed by atoms with Gasteiger partial charge in [-0.15, -0.1) is 0 Å². The number of aliphatic hydroxyl groups is 1. The number of hydrogen-bond donors (Lipinski definition) is 1. The topological polar surface area (TPSA) is 85.3 Å². The monoisotopic (exact) mass is 529 g/mol. The van der Waals surface area contributed by atoms with Crippen molar-refractivity contribution in [3.8, 4) is 17.2 Å². The molecule has 1 unspecified atom stereocenters. The van der Waals surface area contributed by atoms with Gasteiger partial charge in [-0.3, -0.25) is 9.59 Å². The minimum atomic E-state index is -0.824. The first-order chi connectivity index (χ1) is 18.6. The van der Waals surface area contributed by atoms with Crippen molar-refractivity contribution in [3.05, 3.63) is 94.6 Å². The third kappa shape index (κ3) is 5.62. The van der Waals surface area contributed by atoms with Gasteiger partial charge in [-0.2, -0.15) is 0 Å². The summed E-state index contributed by atoms with van der Waals surface area (Å²) in [4.78, 5) is 28.6. The molecular weight excluding hydrogens is 494 g/mol. The van der Waals surface area contributed by atoms with Crippen molar-refractivity contribution in [1.82, 2.24) is 4.90 Å². The van der Waals surface area contributed by atoms with Gasteiger partial charge in [0.15, 0.2) is 0 Å². The molecule has 1 aliphatic heterocycles. The molecule has 1 saturated heterocycles. The first kappa shape index (κ1) is 27.8. The number of nitrogens with zero attached hydrogens (tertiary/aromatic N) is 1. The van der Waals surface area contributed by atoms with Crippen LogP contribution in [0.1, 0.15) is 56.0 Å². The summed E-state index contributed by atoms with van der Waals surface area (Å²) in [7, 11) is 3.08. The Morgan fingerprint density at radius 2 is 1.64 bits per heavy atom. The van der Waals surface area contributed by atoms with Crippen LogP contribution in [-0.4, -0.2) is 42.5 Å². The van der Waals surface area contributed by atoms with E-state index in [1.807, 2.05) is 43.3 Å². The quantitative estimate of drug-likeness (QED) is 0.218. The minimum Gasteiger partial charge on any atom is -0.507 e. The van der Waals surface area contributed by atoms with Crippen LogP contribution in [0.4, 0.5) is 0 Å². The van der Waals surface area contributed by atoms with Gasteiger partial charge in [-0.25, -0.2) is 0 Å². The Hall–Kier alpha value is -4.26. The Labute approximate surface area is 229 Å². The highest BCUT2D eigenvalue weighted by Gasteiger charge is 2.46. The molecule has 0 spiro atoms. The number of methoxy groups -OCH3 is 2. The normalized spacial score (nSPS) is 16.9. The van der Waals surface area contributed by atoms with E-state index >= 15 is 0 Å². The maximum absolute atomic E-state index is 13.6. The van der Waals surface area contributed by atoms with Gasteiger partial charge in [-0.05, 0) is 65.4 Å². The molecular formula is C32H35NO6. The summed E-state index contributed by atoms with van der Waals surface area (Å²) >= 11 is 0. The standard InChI is InChI=1S/C32H35NO6/c1-7-39-24-10-8-9-20(17-24)19-33-28(21-11-14-23(37-5)15-12-21)27(30(35)31(33)36)29(34)25-18-22(32(2,3)4)13-16-26(25)38-6/h8-18,28,34H,7,19H2,1-6H3/b29-27+. The van der Waals surface area contributed by atoms with Crippen molar-refractivity contribution in [1.29, 1.82) is 0 Å². The third-order valence-corrected chi connectivity index (χ3v) is 6.85. The summed E-state index contributed by atoms with van der Waals surface area (Å²) in [5.74, 6) is 0.00544. The molecule has 7 heteroatoms. The molecule has 39 heavy (non-hydrogen) atoms. The van der Waals surface area contributed by atoms with Crippen LogP contribution < -0.4 is 14.2 Å². The van der Waals surface area contributed by atoms with Crippen LogP contribution in [-0.2, 0) is 21.5 Å². The van der Waals surface area contributed by atoms with Gasteiger partial charge in [0.2, 0.25) is 0 Å². The lowest BCUT2D eigenvalue weighted by molar-refractivity contribution is -0.140. The molecule has 3 aromatic rings. The molecule has 1 amide bonds. The first-order valence-electron chi connectivity index (χ1n) is 12.9. The minimum absolute atomic E-state index is 0.00971. The second-order valence-electron chi connectivity index (χ2n) is 10.4. The number of ketones is 1. The highest BCUT2D eigenvalue weighted by atomic mass is 16.5. The number of hydrogen-bond acceptors (Lipinski definition) is 6. The van der Waals surface area contributed by atoms with Gasteiger partial charge < -0.3 is 24.2 Å². The molecule has 204 valence electrons. The van der Waals surface area contributed by atoms with Crippen LogP contribution in [0.3, 0.4) is 0 Å². The summed E-state index contributed by atoms with van der Waals surface area (Å²) in [5, 5.41) is 11.7. The van der Waals surface area contributed by atoms with Crippen molar-refractivity contribution in [2.45, 2.75) is 45.7 Å². The Bertz CT molecular complexity index is 1400. The van der Waals surface area contributed by atoms with Gasteiger partial charge in [0, 0.05) is 6.54 Å². The zero-order valence-corrected chi connectivity index (χ0v) is 23.3. The average Bonchev–Trinajstić information content (AvgIpc) is 3.17. The fourth-order valence-corrected chi connectivity index (χ4v) is 4.78. The van der Waals surface area contributed by atoms with Crippen molar-refractivity contribution >= 4 is 17.4 Å². The average molecular weight is 530 g/mol. The number of aliphatic hydroxyl groups excluding tert-OH is 1. The lowest BCUT2D eigenvalue weighted by Gasteiger charge is -2.26. The number of likely N-dealkylation sites (tertiary alicyclic amines) is 1. The van der Waals surface area contributed by atoms with Crippen molar-refractivity contribution < 1.29 is 28.9 Å². The molecule has 1 aliphatic rings. The molecule has 1 fully saturated rings. The van der Waals surface area contributed by atoms with Crippen molar-refractivity contribution in [2.24, 2.45) is 0 Å². The Balaban J connectivity index is 1.89.